The van der Waals surface area contributed by atoms with Gasteiger partial charge in [0.15, 0.2) is 5.82 Å². The fraction of sp³-hybridized carbons (Fsp3) is 0.361. The van der Waals surface area contributed by atoms with Crippen LogP contribution < -0.4 is 9.47 Å². The number of hydrogen-bond donors (Lipinski definition) is 0. The zero-order chi connectivity index (χ0) is 35.8. The molecule has 1 saturated heterocycles. The lowest BCUT2D eigenvalue weighted by Crippen LogP contribution is -2.62. The molecule has 1 fully saturated rings. The maximum atomic E-state index is 16.8. The highest BCUT2D eigenvalue weighted by Crippen LogP contribution is 2.48. The first-order valence-electron chi connectivity index (χ1n) is 15.6. The van der Waals surface area contributed by atoms with Crippen LogP contribution in [0.3, 0.4) is 0 Å². The summed E-state index contributed by atoms with van der Waals surface area (Å²) in [6.45, 7) is 11.0. The van der Waals surface area contributed by atoms with E-state index in [1.54, 1.807) is 71.0 Å². The van der Waals surface area contributed by atoms with E-state index >= 15 is 4.39 Å². The molecule has 9 nitrogen and oxygen atoms in total. The third-order valence-corrected chi connectivity index (χ3v) is 8.78. The SMILES string of the molecule is C=Nc1c(C2=C(C)N(C)C(=O)[C@H]3CN(C(=O)OC(C)(C)C)CCN23)cc(Cl)c(-c2c(OCc3ccc(OC)cc3)cccc2C(F)F)c1F. The maximum Gasteiger partial charge on any atom is 0.410 e. The molecule has 0 spiro atoms. The Morgan fingerprint density at radius 1 is 1.12 bits per heavy atom. The van der Waals surface area contributed by atoms with Crippen molar-refractivity contribution in [2.24, 2.45) is 4.99 Å². The van der Waals surface area contributed by atoms with Crippen LogP contribution >= 0.6 is 11.6 Å². The number of hydrogen-bond acceptors (Lipinski definition) is 7. The predicted molar refractivity (Wildman–Crippen MR) is 182 cm³/mol. The van der Waals surface area contributed by atoms with Crippen molar-refractivity contribution >= 4 is 41.7 Å². The highest BCUT2D eigenvalue weighted by Gasteiger charge is 2.44. The average Bonchev–Trinajstić information content (AvgIpc) is 3.06. The minimum atomic E-state index is -2.99. The maximum absolute atomic E-state index is 16.8. The van der Waals surface area contributed by atoms with Crippen molar-refractivity contribution < 1.29 is 37.0 Å². The van der Waals surface area contributed by atoms with Gasteiger partial charge in [-0.25, -0.2) is 18.0 Å². The molecule has 3 aromatic rings. The molecule has 5 rings (SSSR count). The molecular formula is C36H38ClF3N4O5. The molecule has 2 aliphatic heterocycles. The molecule has 3 aromatic carbocycles. The second kappa shape index (κ2) is 14.0. The van der Waals surface area contributed by atoms with Gasteiger partial charge in [0.1, 0.15) is 35.4 Å². The highest BCUT2D eigenvalue weighted by molar-refractivity contribution is 6.34. The van der Waals surface area contributed by atoms with Crippen molar-refractivity contribution in [1.29, 1.82) is 0 Å². The quantitative estimate of drug-likeness (QED) is 0.221. The van der Waals surface area contributed by atoms with E-state index in [1.165, 1.54) is 34.1 Å². The van der Waals surface area contributed by atoms with E-state index in [0.717, 1.165) is 5.56 Å². The molecule has 2 heterocycles. The monoisotopic (exact) mass is 698 g/mol. The fourth-order valence-corrected chi connectivity index (χ4v) is 6.32. The lowest BCUT2D eigenvalue weighted by molar-refractivity contribution is -0.135. The third kappa shape index (κ3) is 7.05. The molecule has 1 atom stereocenters. The number of allylic oxidation sites excluding steroid dienone is 1. The minimum absolute atomic E-state index is 0.00330. The molecule has 13 heteroatoms. The molecule has 2 amide bonds. The number of nitrogens with zero attached hydrogens (tertiary/aromatic N) is 4. The van der Waals surface area contributed by atoms with Crippen LogP contribution in [0.25, 0.3) is 16.8 Å². The minimum Gasteiger partial charge on any atom is -0.497 e. The summed E-state index contributed by atoms with van der Waals surface area (Å²) < 4.78 is 62.5. The van der Waals surface area contributed by atoms with Gasteiger partial charge in [0.2, 0.25) is 0 Å². The van der Waals surface area contributed by atoms with Gasteiger partial charge in [-0.3, -0.25) is 9.79 Å². The summed E-state index contributed by atoms with van der Waals surface area (Å²) in [5.74, 6) is -0.620. The highest BCUT2D eigenvalue weighted by atomic mass is 35.5. The number of benzene rings is 3. The second-order valence-electron chi connectivity index (χ2n) is 12.7. The van der Waals surface area contributed by atoms with Gasteiger partial charge in [-0.2, -0.15) is 0 Å². The third-order valence-electron chi connectivity index (χ3n) is 8.48. The van der Waals surface area contributed by atoms with Gasteiger partial charge in [0, 0.05) is 48.1 Å². The summed E-state index contributed by atoms with van der Waals surface area (Å²) in [5.41, 5.74) is -0.113. The normalized spacial score (nSPS) is 16.6. The molecule has 49 heavy (non-hydrogen) atoms. The van der Waals surface area contributed by atoms with Crippen molar-refractivity contribution in [3.8, 4) is 22.6 Å². The number of carbonyl (C=O) groups is 2. The molecule has 0 aromatic heterocycles. The number of rotatable bonds is 8. The molecule has 0 unspecified atom stereocenters. The molecule has 0 aliphatic carbocycles. The Morgan fingerprint density at radius 2 is 1.82 bits per heavy atom. The Morgan fingerprint density at radius 3 is 2.43 bits per heavy atom. The van der Waals surface area contributed by atoms with Crippen molar-refractivity contribution in [3.63, 3.8) is 0 Å². The molecule has 0 N–H and O–H groups in total. The van der Waals surface area contributed by atoms with Gasteiger partial charge in [-0.05, 0) is 64.2 Å². The number of halogens is 4. The van der Waals surface area contributed by atoms with E-state index in [1.807, 2.05) is 0 Å². The number of piperazine rings is 1. The fourth-order valence-electron chi connectivity index (χ4n) is 6.03. The summed E-state index contributed by atoms with van der Waals surface area (Å²) in [5, 5.41) is -0.175. The van der Waals surface area contributed by atoms with Crippen molar-refractivity contribution in [3.05, 3.63) is 81.8 Å². The van der Waals surface area contributed by atoms with Crippen molar-refractivity contribution in [1.82, 2.24) is 14.7 Å². The summed E-state index contributed by atoms with van der Waals surface area (Å²) in [6, 6.07) is 11.7. The van der Waals surface area contributed by atoms with Gasteiger partial charge in [-0.1, -0.05) is 35.9 Å². The van der Waals surface area contributed by atoms with Crippen LogP contribution in [0, 0.1) is 5.82 Å². The van der Waals surface area contributed by atoms with E-state index in [2.05, 4.69) is 11.7 Å². The number of alkyl halides is 2. The van der Waals surface area contributed by atoms with E-state index in [-0.39, 0.29) is 65.3 Å². The topological polar surface area (TPSA) is 83.9 Å². The first-order chi connectivity index (χ1) is 23.2. The van der Waals surface area contributed by atoms with E-state index in [4.69, 9.17) is 25.8 Å². The number of fused-ring (bicyclic) bond motifs is 1. The Balaban J connectivity index is 1.58. The Bertz CT molecular complexity index is 1810. The Labute approximate surface area is 288 Å². The Hall–Kier alpha value is -4.71. The van der Waals surface area contributed by atoms with Gasteiger partial charge in [0.05, 0.1) is 24.4 Å². The van der Waals surface area contributed by atoms with Gasteiger partial charge < -0.3 is 28.9 Å². The molecule has 0 bridgehead atoms. The standard InChI is InChI=1S/C36H38ClF3N4O5/c1-20-32(44-16-15-43(35(46)49-36(2,3)4)18-26(44)34(45)42(20)6)24-17-25(37)29(30(38)31(24)41-5)28-23(33(39)40)9-8-10-27(28)48-19-21-11-13-22(47-7)14-12-21/h8-14,17,26,33H,5,15-16,18-19H2,1-4,6-7H3/t26-/m1/s1. The smallest absolute Gasteiger partial charge is 0.410 e. The van der Waals surface area contributed by atoms with Crippen LogP contribution in [0.4, 0.5) is 23.7 Å². The van der Waals surface area contributed by atoms with Gasteiger partial charge in [-0.15, -0.1) is 0 Å². The number of ether oxygens (including phenoxy) is 3. The summed E-state index contributed by atoms with van der Waals surface area (Å²) in [4.78, 5) is 35.1. The van der Waals surface area contributed by atoms with Crippen LogP contribution in [0.15, 0.2) is 59.2 Å². The lowest BCUT2D eigenvalue weighted by Gasteiger charge is -2.48. The molecule has 0 radical (unpaired) electrons. The van der Waals surface area contributed by atoms with Crippen LogP contribution in [0.1, 0.15) is 50.8 Å². The number of amides is 2. The summed E-state index contributed by atoms with van der Waals surface area (Å²) in [7, 11) is 3.12. The average molecular weight is 699 g/mol. The summed E-state index contributed by atoms with van der Waals surface area (Å²) >= 11 is 6.82. The molecule has 260 valence electrons. The number of aliphatic imine (C=N–C) groups is 1. The number of methoxy groups -OCH3 is 1. The zero-order valence-electron chi connectivity index (χ0n) is 28.2. The van der Waals surface area contributed by atoms with Crippen molar-refractivity contribution in [2.75, 3.05) is 33.8 Å². The zero-order valence-corrected chi connectivity index (χ0v) is 28.9. The van der Waals surface area contributed by atoms with Crippen LogP contribution in [0.5, 0.6) is 11.5 Å². The van der Waals surface area contributed by atoms with Crippen LogP contribution in [-0.2, 0) is 16.1 Å². The van der Waals surface area contributed by atoms with Gasteiger partial charge >= 0.3 is 6.09 Å². The molecular weight excluding hydrogens is 661 g/mol. The first-order valence-corrected chi connectivity index (χ1v) is 15.9. The molecule has 0 saturated carbocycles. The summed E-state index contributed by atoms with van der Waals surface area (Å²) in [6.07, 6.45) is -3.54. The lowest BCUT2D eigenvalue weighted by atomic mass is 9.93. The van der Waals surface area contributed by atoms with Gasteiger partial charge in [0.25, 0.3) is 12.3 Å². The van der Waals surface area contributed by atoms with E-state index in [9.17, 15) is 18.4 Å². The predicted octanol–water partition coefficient (Wildman–Crippen LogP) is 8.09. The van der Waals surface area contributed by atoms with Crippen LogP contribution in [-0.4, -0.2) is 78.9 Å². The van der Waals surface area contributed by atoms with E-state index < -0.39 is 35.5 Å². The first kappa shape index (κ1) is 35.6. The second-order valence-corrected chi connectivity index (χ2v) is 13.1. The number of likely N-dealkylation sites (N-methyl/N-ethyl adjacent to an activating group) is 1. The molecule has 2 aliphatic rings. The Kier molecular flexibility index (Phi) is 10.2. The van der Waals surface area contributed by atoms with Crippen molar-refractivity contribution in [2.45, 2.75) is 52.4 Å². The largest absolute Gasteiger partial charge is 0.497 e. The van der Waals surface area contributed by atoms with E-state index in [0.29, 0.717) is 17.1 Å². The van der Waals surface area contributed by atoms with Crippen LogP contribution in [0.2, 0.25) is 5.02 Å². The number of carbonyl (C=O) groups excluding carboxylic acids is 2.